The molecule has 0 unspecified atom stereocenters. The Balaban J connectivity index is 1.49. The first-order valence-corrected chi connectivity index (χ1v) is 12.2. The maximum absolute atomic E-state index is 13.2. The first-order valence-electron chi connectivity index (χ1n) is 11.2. The molecule has 0 saturated heterocycles. The van der Waals surface area contributed by atoms with Gasteiger partial charge in [-0.25, -0.2) is 4.98 Å². The largest absolute Gasteiger partial charge is 0.281 e. The topological polar surface area (TPSA) is 57.0 Å². The van der Waals surface area contributed by atoms with E-state index in [1.807, 2.05) is 66.7 Å². The summed E-state index contributed by atoms with van der Waals surface area (Å²) in [6.07, 6.45) is 7.14. The van der Waals surface area contributed by atoms with E-state index in [2.05, 4.69) is 6.07 Å². The third-order valence-electron chi connectivity index (χ3n) is 5.72. The third kappa shape index (κ3) is 5.38. The highest BCUT2D eigenvalue weighted by Gasteiger charge is 2.19. The fourth-order valence-electron chi connectivity index (χ4n) is 4.10. The van der Waals surface area contributed by atoms with Crippen LogP contribution in [0.2, 0.25) is 0 Å². The Kier molecular flexibility index (Phi) is 7.58. The fraction of sp³-hybridized carbons (Fsp3) is 0.296. The normalized spacial score (nSPS) is 13.3. The van der Waals surface area contributed by atoms with E-state index in [1.54, 1.807) is 4.90 Å². The number of thioether (sulfide) groups is 1. The highest BCUT2D eigenvalue weighted by Crippen LogP contribution is 2.29. The summed E-state index contributed by atoms with van der Waals surface area (Å²) in [5, 5.41) is 10.4. The molecule has 0 aliphatic heterocycles. The number of nitrogens with zero attached hydrogens (tertiary/aromatic N) is 3. The van der Waals surface area contributed by atoms with Crippen molar-refractivity contribution in [2.24, 2.45) is 0 Å². The number of pyridine rings is 1. The molecule has 0 atom stereocenters. The molecule has 3 aromatic rings. The molecule has 0 N–H and O–H groups in total. The van der Waals surface area contributed by atoms with Crippen LogP contribution in [-0.2, 0) is 17.6 Å². The van der Waals surface area contributed by atoms with Crippen molar-refractivity contribution in [2.75, 3.05) is 10.7 Å². The van der Waals surface area contributed by atoms with E-state index < -0.39 is 0 Å². The minimum Gasteiger partial charge on any atom is -0.281 e. The van der Waals surface area contributed by atoms with Gasteiger partial charge in [0.1, 0.15) is 11.1 Å². The van der Waals surface area contributed by atoms with Crippen LogP contribution >= 0.6 is 11.8 Å². The molecule has 1 amide bonds. The highest BCUT2D eigenvalue weighted by atomic mass is 32.2. The van der Waals surface area contributed by atoms with Crippen molar-refractivity contribution >= 4 is 29.0 Å². The number of fused-ring (bicyclic) bond motifs is 1. The van der Waals surface area contributed by atoms with Crippen molar-refractivity contribution < 1.29 is 4.79 Å². The Hall–Kier alpha value is -3.10. The average Bonchev–Trinajstić information content (AvgIpc) is 2.81. The summed E-state index contributed by atoms with van der Waals surface area (Å²) in [6, 6.07) is 23.8. The zero-order chi connectivity index (χ0) is 22.2. The molecule has 1 aromatic heterocycles. The first kappa shape index (κ1) is 22.1. The van der Waals surface area contributed by atoms with Gasteiger partial charge in [0.05, 0.1) is 5.56 Å². The van der Waals surface area contributed by atoms with Gasteiger partial charge in [0.2, 0.25) is 5.91 Å². The van der Waals surface area contributed by atoms with E-state index >= 15 is 0 Å². The Bertz CT molecular complexity index is 1050. The van der Waals surface area contributed by atoms with Crippen LogP contribution in [0.25, 0.3) is 0 Å². The molecule has 0 radical (unpaired) electrons. The Morgan fingerprint density at radius 1 is 0.938 bits per heavy atom. The zero-order valence-corrected chi connectivity index (χ0v) is 19.0. The summed E-state index contributed by atoms with van der Waals surface area (Å²) in [5.41, 5.74) is 4.69. The van der Waals surface area contributed by atoms with Crippen molar-refractivity contribution in [1.82, 2.24) is 4.98 Å². The minimum atomic E-state index is 0.0275. The Morgan fingerprint density at radius 3 is 2.19 bits per heavy atom. The number of carbonyl (C=O) groups excluding carboxylic acids is 1. The van der Waals surface area contributed by atoms with E-state index in [0.29, 0.717) is 17.7 Å². The monoisotopic (exact) mass is 441 g/mol. The molecule has 32 heavy (non-hydrogen) atoms. The summed E-state index contributed by atoms with van der Waals surface area (Å²) in [5.74, 6) is 0.606. The van der Waals surface area contributed by atoms with Gasteiger partial charge in [-0.05, 0) is 61.6 Å². The van der Waals surface area contributed by atoms with Crippen molar-refractivity contribution in [3.63, 3.8) is 0 Å². The van der Waals surface area contributed by atoms with Gasteiger partial charge in [-0.15, -0.1) is 11.8 Å². The third-order valence-corrected chi connectivity index (χ3v) is 6.71. The van der Waals surface area contributed by atoms with Crippen LogP contribution in [0.5, 0.6) is 0 Å². The van der Waals surface area contributed by atoms with Gasteiger partial charge in [-0.3, -0.25) is 9.69 Å². The Morgan fingerprint density at radius 2 is 1.56 bits per heavy atom. The van der Waals surface area contributed by atoms with Crippen LogP contribution in [0.3, 0.4) is 0 Å². The number of benzene rings is 2. The van der Waals surface area contributed by atoms with Crippen LogP contribution in [0, 0.1) is 11.3 Å². The number of rotatable bonds is 6. The summed E-state index contributed by atoms with van der Waals surface area (Å²) < 4.78 is 0. The average molecular weight is 442 g/mol. The Labute approximate surface area is 194 Å². The number of nitriles is 1. The number of hydrogen-bond acceptors (Lipinski definition) is 4. The molecule has 0 fully saturated rings. The summed E-state index contributed by atoms with van der Waals surface area (Å²) in [7, 11) is 0. The second-order valence-corrected chi connectivity index (χ2v) is 9.06. The molecule has 4 rings (SSSR count). The van der Waals surface area contributed by atoms with Crippen molar-refractivity contribution in [1.29, 1.82) is 5.26 Å². The lowest BCUT2D eigenvalue weighted by atomic mass is 9.96. The number of hydrogen-bond donors (Lipinski definition) is 0. The van der Waals surface area contributed by atoms with Gasteiger partial charge in [0, 0.05) is 29.2 Å². The van der Waals surface area contributed by atoms with Gasteiger partial charge in [-0.1, -0.05) is 49.2 Å². The van der Waals surface area contributed by atoms with Crippen LogP contribution < -0.4 is 4.90 Å². The number of aromatic nitrogens is 1. The smallest absolute Gasteiger partial charge is 0.232 e. The predicted octanol–water partition coefficient (Wildman–Crippen LogP) is 6.46. The molecule has 162 valence electrons. The SMILES string of the molecule is N#Cc1cc2c(nc1SCCC(=O)N(c1ccccc1)c1ccccc1)CCCCCC2. The first-order chi connectivity index (χ1) is 15.8. The van der Waals surface area contributed by atoms with Crippen LogP contribution in [0.4, 0.5) is 11.4 Å². The van der Waals surface area contributed by atoms with Crippen molar-refractivity contribution in [3.05, 3.63) is 83.6 Å². The number of anilines is 2. The second-order valence-electron chi connectivity index (χ2n) is 7.97. The van der Waals surface area contributed by atoms with Crippen LogP contribution in [0.15, 0.2) is 71.8 Å². The molecule has 1 heterocycles. The van der Waals surface area contributed by atoms with Gasteiger partial charge in [-0.2, -0.15) is 5.26 Å². The molecule has 4 nitrogen and oxygen atoms in total. The summed E-state index contributed by atoms with van der Waals surface area (Å²) in [6.45, 7) is 0. The van der Waals surface area contributed by atoms with Gasteiger partial charge in [0.25, 0.3) is 0 Å². The molecule has 1 aliphatic rings. The van der Waals surface area contributed by atoms with E-state index in [0.717, 1.165) is 47.8 Å². The molecular formula is C27H27N3OS. The maximum atomic E-state index is 13.2. The maximum Gasteiger partial charge on any atom is 0.232 e. The molecule has 0 saturated carbocycles. The van der Waals surface area contributed by atoms with Crippen LogP contribution in [-0.4, -0.2) is 16.6 Å². The quantitative estimate of drug-likeness (QED) is 0.412. The molecule has 1 aliphatic carbocycles. The number of amides is 1. The van der Waals surface area contributed by atoms with Gasteiger partial charge in [0.15, 0.2) is 0 Å². The lowest BCUT2D eigenvalue weighted by molar-refractivity contribution is -0.117. The van der Waals surface area contributed by atoms with Gasteiger partial charge < -0.3 is 0 Å². The number of aryl methyl sites for hydroxylation is 2. The molecule has 0 bridgehead atoms. The fourth-order valence-corrected chi connectivity index (χ4v) is 5.00. The highest BCUT2D eigenvalue weighted by molar-refractivity contribution is 7.99. The van der Waals surface area contributed by atoms with E-state index in [4.69, 9.17) is 4.98 Å². The van der Waals surface area contributed by atoms with Crippen LogP contribution in [0.1, 0.15) is 48.9 Å². The molecule has 5 heteroatoms. The predicted molar refractivity (Wildman–Crippen MR) is 130 cm³/mol. The van der Waals surface area contributed by atoms with Gasteiger partial charge >= 0.3 is 0 Å². The zero-order valence-electron chi connectivity index (χ0n) is 18.2. The van der Waals surface area contributed by atoms with E-state index in [9.17, 15) is 10.1 Å². The standard InChI is InChI=1S/C27H27N3OS/c28-20-22-19-21-11-5-1-2-10-16-25(21)29-27(22)32-18-17-26(31)30(23-12-6-3-7-13-23)24-14-8-4-9-15-24/h3-4,6-9,12-15,19H,1-2,5,10-11,16-18H2. The second kappa shape index (κ2) is 11.0. The molecule has 2 aromatic carbocycles. The minimum absolute atomic E-state index is 0.0275. The lowest BCUT2D eigenvalue weighted by Gasteiger charge is -2.23. The van der Waals surface area contributed by atoms with Crippen molar-refractivity contribution in [3.8, 4) is 6.07 Å². The number of para-hydroxylation sites is 2. The molecule has 0 spiro atoms. The van der Waals surface area contributed by atoms with E-state index in [-0.39, 0.29) is 5.91 Å². The number of carbonyl (C=O) groups is 1. The van der Waals surface area contributed by atoms with Crippen molar-refractivity contribution in [2.45, 2.75) is 50.0 Å². The summed E-state index contributed by atoms with van der Waals surface area (Å²) >= 11 is 1.51. The summed E-state index contributed by atoms with van der Waals surface area (Å²) in [4.78, 5) is 19.9. The van der Waals surface area contributed by atoms with E-state index in [1.165, 1.54) is 30.2 Å². The lowest BCUT2D eigenvalue weighted by Crippen LogP contribution is -2.26. The molecular weight excluding hydrogens is 414 g/mol.